The van der Waals surface area contributed by atoms with Gasteiger partial charge >= 0.3 is 0 Å². The Hall–Kier alpha value is -1.56. The van der Waals surface area contributed by atoms with E-state index in [4.69, 9.17) is 11.0 Å². The number of nitrogens with zero attached hydrogens (tertiary/aromatic N) is 2. The summed E-state index contributed by atoms with van der Waals surface area (Å²) in [7, 11) is 0. The fourth-order valence-electron chi connectivity index (χ4n) is 0.832. The Labute approximate surface area is 65.5 Å². The predicted molar refractivity (Wildman–Crippen MR) is 42.7 cm³/mol. The van der Waals surface area contributed by atoms with Gasteiger partial charge in [0.25, 0.3) is 0 Å². The maximum atomic E-state index is 8.37. The van der Waals surface area contributed by atoms with E-state index in [1.807, 2.05) is 19.1 Å². The Balaban J connectivity index is 2.98. The van der Waals surface area contributed by atoms with E-state index in [1.165, 1.54) is 0 Å². The van der Waals surface area contributed by atoms with E-state index in [9.17, 15) is 0 Å². The molecule has 0 unspecified atom stereocenters. The van der Waals surface area contributed by atoms with E-state index >= 15 is 0 Å². The molecule has 1 heterocycles. The van der Waals surface area contributed by atoms with E-state index in [2.05, 4.69) is 4.98 Å². The summed E-state index contributed by atoms with van der Waals surface area (Å²) in [6, 6.07) is 3.93. The van der Waals surface area contributed by atoms with Gasteiger partial charge in [-0.3, -0.25) is 0 Å². The Bertz CT molecular complexity index is 299. The number of aromatic nitrogens is 1. The van der Waals surface area contributed by atoms with Crippen LogP contribution in [0.3, 0.4) is 0 Å². The van der Waals surface area contributed by atoms with Gasteiger partial charge in [0.15, 0.2) is 0 Å². The number of rotatable bonds is 1. The molecule has 0 aliphatic rings. The predicted octanol–water partition coefficient (Wildman–Crippen LogP) is 1.04. The summed E-state index contributed by atoms with van der Waals surface area (Å²) in [5, 5.41) is 8.37. The van der Waals surface area contributed by atoms with Crippen LogP contribution < -0.4 is 5.73 Å². The van der Waals surface area contributed by atoms with Crippen LogP contribution in [-0.4, -0.2) is 4.98 Å². The van der Waals surface area contributed by atoms with Gasteiger partial charge < -0.3 is 5.73 Å². The molecule has 0 fully saturated rings. The molecular weight excluding hydrogens is 138 g/mol. The molecule has 1 aromatic rings. The number of nitrogen functional groups attached to an aromatic ring is 1. The summed E-state index contributed by atoms with van der Waals surface area (Å²) < 4.78 is 0. The number of hydrogen-bond acceptors (Lipinski definition) is 3. The van der Waals surface area contributed by atoms with Crippen LogP contribution in [-0.2, 0) is 6.42 Å². The number of pyridine rings is 1. The molecule has 1 rings (SSSR count). The zero-order valence-electron chi connectivity index (χ0n) is 6.33. The first-order valence-corrected chi connectivity index (χ1v) is 3.32. The molecule has 2 N–H and O–H groups in total. The normalized spacial score (nSPS) is 9.09. The quantitative estimate of drug-likeness (QED) is 0.645. The van der Waals surface area contributed by atoms with Crippen LogP contribution in [0.15, 0.2) is 12.3 Å². The number of nitrogens with two attached hydrogens (primary N) is 1. The summed E-state index contributed by atoms with van der Waals surface area (Å²) in [6.45, 7) is 1.88. The molecule has 0 bridgehead atoms. The van der Waals surface area contributed by atoms with Crippen molar-refractivity contribution in [2.75, 3.05) is 5.73 Å². The minimum Gasteiger partial charge on any atom is -0.383 e. The van der Waals surface area contributed by atoms with Crippen molar-refractivity contribution in [3.8, 4) is 6.07 Å². The van der Waals surface area contributed by atoms with Gasteiger partial charge in [-0.25, -0.2) is 4.98 Å². The highest BCUT2D eigenvalue weighted by atomic mass is 14.8. The van der Waals surface area contributed by atoms with Crippen LogP contribution in [0.2, 0.25) is 0 Å². The first kappa shape index (κ1) is 7.55. The van der Waals surface area contributed by atoms with E-state index in [0.29, 0.717) is 12.2 Å². The Morgan fingerprint density at radius 2 is 2.45 bits per heavy atom. The van der Waals surface area contributed by atoms with Crippen LogP contribution in [0.1, 0.15) is 11.1 Å². The summed E-state index contributed by atoms with van der Waals surface area (Å²) in [5.74, 6) is 0.534. The second kappa shape index (κ2) is 3.02. The molecule has 0 aromatic carbocycles. The molecule has 0 saturated heterocycles. The molecule has 56 valence electrons. The highest BCUT2D eigenvalue weighted by Gasteiger charge is 1.96. The van der Waals surface area contributed by atoms with E-state index in [-0.39, 0.29) is 0 Å². The summed E-state index contributed by atoms with van der Waals surface area (Å²) in [4.78, 5) is 3.92. The van der Waals surface area contributed by atoms with Crippen LogP contribution >= 0.6 is 0 Å². The minimum absolute atomic E-state index is 0.397. The second-order valence-electron chi connectivity index (χ2n) is 2.38. The lowest BCUT2D eigenvalue weighted by Crippen LogP contribution is -1.95. The van der Waals surface area contributed by atoms with Crippen molar-refractivity contribution in [1.29, 1.82) is 5.26 Å². The van der Waals surface area contributed by atoms with Crippen molar-refractivity contribution in [2.24, 2.45) is 0 Å². The van der Waals surface area contributed by atoms with Crippen molar-refractivity contribution in [3.05, 3.63) is 23.4 Å². The number of nitriles is 1. The maximum absolute atomic E-state index is 8.37. The van der Waals surface area contributed by atoms with E-state index in [1.54, 1.807) is 6.20 Å². The van der Waals surface area contributed by atoms with Gasteiger partial charge in [-0.1, -0.05) is 0 Å². The van der Waals surface area contributed by atoms with Crippen molar-refractivity contribution < 1.29 is 0 Å². The van der Waals surface area contributed by atoms with Gasteiger partial charge in [0.2, 0.25) is 0 Å². The van der Waals surface area contributed by atoms with Crippen LogP contribution in [0.4, 0.5) is 5.82 Å². The zero-order chi connectivity index (χ0) is 8.27. The Kier molecular flexibility index (Phi) is 2.07. The molecule has 3 nitrogen and oxygen atoms in total. The Morgan fingerprint density at radius 3 is 3.00 bits per heavy atom. The number of anilines is 1. The van der Waals surface area contributed by atoms with Gasteiger partial charge in [0.1, 0.15) is 5.82 Å². The smallest absolute Gasteiger partial charge is 0.126 e. The third kappa shape index (κ3) is 1.68. The SMILES string of the molecule is Cc1cc(CC#N)cnc1N. The molecule has 0 aliphatic heterocycles. The standard InChI is InChI=1S/C8H9N3/c1-6-4-7(2-3-9)5-11-8(6)10/h4-5H,2H2,1H3,(H2,10,11). The molecule has 0 radical (unpaired) electrons. The average Bonchev–Trinajstić information content (AvgIpc) is 1.98. The molecule has 0 amide bonds. The fourth-order valence-corrected chi connectivity index (χ4v) is 0.832. The van der Waals surface area contributed by atoms with Crippen LogP contribution in [0, 0.1) is 18.3 Å². The summed E-state index contributed by atoms with van der Waals surface area (Å²) in [6.07, 6.45) is 2.03. The number of aryl methyl sites for hydroxylation is 1. The minimum atomic E-state index is 0.397. The lowest BCUT2D eigenvalue weighted by molar-refractivity contribution is 1.17. The van der Waals surface area contributed by atoms with Gasteiger partial charge in [0.05, 0.1) is 12.5 Å². The van der Waals surface area contributed by atoms with E-state index < -0.39 is 0 Å². The van der Waals surface area contributed by atoms with Gasteiger partial charge in [-0.15, -0.1) is 0 Å². The maximum Gasteiger partial charge on any atom is 0.126 e. The van der Waals surface area contributed by atoms with E-state index in [0.717, 1.165) is 11.1 Å². The van der Waals surface area contributed by atoms with Crippen molar-refractivity contribution in [1.82, 2.24) is 4.98 Å². The molecule has 1 aromatic heterocycles. The second-order valence-corrected chi connectivity index (χ2v) is 2.38. The third-order valence-corrected chi connectivity index (χ3v) is 1.46. The first-order valence-electron chi connectivity index (χ1n) is 3.32. The highest BCUT2D eigenvalue weighted by molar-refractivity contribution is 5.40. The summed E-state index contributed by atoms with van der Waals surface area (Å²) in [5.41, 5.74) is 7.34. The first-order chi connectivity index (χ1) is 5.24. The van der Waals surface area contributed by atoms with Gasteiger partial charge in [0, 0.05) is 6.20 Å². The molecule has 11 heavy (non-hydrogen) atoms. The highest BCUT2D eigenvalue weighted by Crippen LogP contribution is 2.08. The lowest BCUT2D eigenvalue weighted by atomic mass is 10.2. The molecule has 3 heteroatoms. The monoisotopic (exact) mass is 147 g/mol. The molecule has 0 saturated carbocycles. The molecule has 0 atom stereocenters. The largest absolute Gasteiger partial charge is 0.383 e. The van der Waals surface area contributed by atoms with Crippen molar-refractivity contribution >= 4 is 5.82 Å². The molecule has 0 aliphatic carbocycles. The van der Waals surface area contributed by atoms with Crippen molar-refractivity contribution in [3.63, 3.8) is 0 Å². The molecule has 0 spiro atoms. The Morgan fingerprint density at radius 1 is 1.73 bits per heavy atom. The van der Waals surface area contributed by atoms with Gasteiger partial charge in [-0.05, 0) is 24.1 Å². The topological polar surface area (TPSA) is 62.7 Å². The number of hydrogen-bond donors (Lipinski definition) is 1. The average molecular weight is 147 g/mol. The zero-order valence-corrected chi connectivity index (χ0v) is 6.33. The third-order valence-electron chi connectivity index (χ3n) is 1.46. The van der Waals surface area contributed by atoms with Gasteiger partial charge in [-0.2, -0.15) is 5.26 Å². The van der Waals surface area contributed by atoms with Crippen LogP contribution in [0.25, 0.3) is 0 Å². The van der Waals surface area contributed by atoms with Crippen molar-refractivity contribution in [2.45, 2.75) is 13.3 Å². The molecular formula is C8H9N3. The lowest BCUT2D eigenvalue weighted by Gasteiger charge is -1.99. The fraction of sp³-hybridized carbons (Fsp3) is 0.250. The summed E-state index contributed by atoms with van der Waals surface area (Å²) >= 11 is 0. The van der Waals surface area contributed by atoms with Crippen LogP contribution in [0.5, 0.6) is 0 Å².